The van der Waals surface area contributed by atoms with E-state index >= 15 is 0 Å². The number of nitrogens with zero attached hydrogens (tertiary/aromatic N) is 1. The predicted octanol–water partition coefficient (Wildman–Crippen LogP) is 4.14. The van der Waals surface area contributed by atoms with E-state index in [1.54, 1.807) is 27.8 Å². The summed E-state index contributed by atoms with van der Waals surface area (Å²) < 4.78 is 11.3. The lowest BCUT2D eigenvalue weighted by Gasteiger charge is -2.39. The normalized spacial score (nSPS) is 13.2. The van der Waals surface area contributed by atoms with Crippen LogP contribution in [0.5, 0.6) is 0 Å². The number of hydrogen-bond donors (Lipinski definition) is 0. The Balaban J connectivity index is 3.23. The number of rotatable bonds is 4. The summed E-state index contributed by atoms with van der Waals surface area (Å²) in [6.07, 6.45) is -0.567. The zero-order valence-corrected chi connectivity index (χ0v) is 16.9. The van der Waals surface area contributed by atoms with Crippen LogP contribution in [-0.4, -0.2) is 42.8 Å². The molecule has 0 spiro atoms. The van der Waals surface area contributed by atoms with E-state index in [0.717, 1.165) is 10.0 Å². The van der Waals surface area contributed by atoms with Crippen molar-refractivity contribution >= 4 is 28.0 Å². The molecule has 0 N–H and O–H groups in total. The Kier molecular flexibility index (Phi) is 6.45. The minimum absolute atomic E-state index is 0.490. The summed E-state index contributed by atoms with van der Waals surface area (Å²) in [6.45, 7) is 9.15. The van der Waals surface area contributed by atoms with Crippen LogP contribution in [0.25, 0.3) is 0 Å². The molecule has 5 nitrogen and oxygen atoms in total. The molecule has 1 atom stereocenters. The zero-order chi connectivity index (χ0) is 18.7. The van der Waals surface area contributed by atoms with Gasteiger partial charge in [0.25, 0.3) is 0 Å². The quantitative estimate of drug-likeness (QED) is 0.713. The molecule has 6 heteroatoms. The van der Waals surface area contributed by atoms with Crippen molar-refractivity contribution in [3.05, 3.63) is 34.3 Å². The van der Waals surface area contributed by atoms with Crippen LogP contribution in [0.2, 0.25) is 0 Å². The number of ether oxygens (including phenoxy) is 2. The van der Waals surface area contributed by atoms with Crippen LogP contribution < -0.4 is 0 Å². The monoisotopic (exact) mass is 399 g/mol. The fourth-order valence-corrected chi connectivity index (χ4v) is 2.79. The van der Waals surface area contributed by atoms with E-state index in [1.807, 2.05) is 38.1 Å². The lowest BCUT2D eigenvalue weighted by atomic mass is 9.77. The third kappa shape index (κ3) is 4.97. The summed E-state index contributed by atoms with van der Waals surface area (Å²) >= 11 is 3.40. The van der Waals surface area contributed by atoms with Crippen molar-refractivity contribution < 1.29 is 19.1 Å². The van der Waals surface area contributed by atoms with Gasteiger partial charge < -0.3 is 9.47 Å². The van der Waals surface area contributed by atoms with Crippen LogP contribution in [0.15, 0.2) is 28.7 Å². The summed E-state index contributed by atoms with van der Waals surface area (Å²) in [5, 5.41) is 0. The van der Waals surface area contributed by atoms with Gasteiger partial charge in [-0.05, 0) is 38.5 Å². The van der Waals surface area contributed by atoms with Gasteiger partial charge in [0.05, 0.1) is 7.11 Å². The van der Waals surface area contributed by atoms with Gasteiger partial charge >= 0.3 is 12.1 Å². The average Bonchev–Trinajstić information content (AvgIpc) is 2.45. The standard InChI is InChI=1S/C18H26BrNO4/c1-17(2,3)24-16(22)20(6)14(15(21)23-7)18(4,5)12-8-10-13(19)11-9-12/h8-11,14H,1-7H3/t14-/m1/s1. The first kappa shape index (κ1) is 20.5. The second kappa shape index (κ2) is 7.55. The molecule has 1 aromatic rings. The summed E-state index contributed by atoms with van der Waals surface area (Å²) in [7, 11) is 2.87. The molecule has 0 aromatic heterocycles. The first-order valence-corrected chi connectivity index (χ1v) is 8.49. The Bertz CT molecular complexity index is 590. The highest BCUT2D eigenvalue weighted by molar-refractivity contribution is 9.10. The first-order valence-electron chi connectivity index (χ1n) is 7.70. The molecule has 1 amide bonds. The predicted molar refractivity (Wildman–Crippen MR) is 97.0 cm³/mol. The number of likely N-dealkylation sites (N-methyl/N-ethyl adjacent to an activating group) is 1. The number of carbonyl (C=O) groups is 2. The Labute approximate surface area is 152 Å². The van der Waals surface area contributed by atoms with Gasteiger partial charge in [0.1, 0.15) is 11.6 Å². The van der Waals surface area contributed by atoms with Crippen molar-refractivity contribution in [2.45, 2.75) is 51.7 Å². The summed E-state index contributed by atoms with van der Waals surface area (Å²) in [5.41, 5.74) is -0.399. The molecular weight excluding hydrogens is 374 g/mol. The number of hydrogen-bond acceptors (Lipinski definition) is 4. The van der Waals surface area contributed by atoms with Gasteiger partial charge in [-0.25, -0.2) is 9.59 Å². The van der Waals surface area contributed by atoms with Gasteiger partial charge in [-0.1, -0.05) is 41.9 Å². The number of benzene rings is 1. The maximum Gasteiger partial charge on any atom is 0.410 e. The van der Waals surface area contributed by atoms with Crippen LogP contribution >= 0.6 is 15.9 Å². The van der Waals surface area contributed by atoms with Crippen molar-refractivity contribution in [3.8, 4) is 0 Å². The molecule has 0 fully saturated rings. The van der Waals surface area contributed by atoms with Gasteiger partial charge in [0.2, 0.25) is 0 Å². The second-order valence-electron chi connectivity index (χ2n) is 7.25. The minimum Gasteiger partial charge on any atom is -0.467 e. The molecular formula is C18H26BrNO4. The fourth-order valence-electron chi connectivity index (χ4n) is 2.53. The van der Waals surface area contributed by atoms with Gasteiger partial charge in [-0.3, -0.25) is 4.90 Å². The molecule has 0 aliphatic heterocycles. The van der Waals surface area contributed by atoms with Crippen LogP contribution in [-0.2, 0) is 19.7 Å². The van der Waals surface area contributed by atoms with Crippen molar-refractivity contribution in [3.63, 3.8) is 0 Å². The van der Waals surface area contributed by atoms with Crippen molar-refractivity contribution in [2.24, 2.45) is 0 Å². The maximum atomic E-state index is 12.4. The lowest BCUT2D eigenvalue weighted by Crippen LogP contribution is -2.54. The van der Waals surface area contributed by atoms with Gasteiger partial charge in [-0.2, -0.15) is 0 Å². The molecule has 0 saturated heterocycles. The Morgan fingerprint density at radius 1 is 1.08 bits per heavy atom. The molecule has 0 radical (unpaired) electrons. The molecule has 0 aliphatic rings. The highest BCUT2D eigenvalue weighted by atomic mass is 79.9. The van der Waals surface area contributed by atoms with Crippen molar-refractivity contribution in [1.82, 2.24) is 4.90 Å². The fraction of sp³-hybridized carbons (Fsp3) is 0.556. The summed E-state index contributed by atoms with van der Waals surface area (Å²) in [6, 6.07) is 6.82. The molecule has 1 rings (SSSR count). The van der Waals surface area contributed by atoms with Crippen LogP contribution in [0.4, 0.5) is 4.79 Å². The first-order chi connectivity index (χ1) is 10.9. The number of halogens is 1. The highest BCUT2D eigenvalue weighted by Crippen LogP contribution is 2.32. The average molecular weight is 400 g/mol. The van der Waals surface area contributed by atoms with Crippen LogP contribution in [0.3, 0.4) is 0 Å². The molecule has 0 heterocycles. The van der Waals surface area contributed by atoms with E-state index < -0.39 is 29.1 Å². The number of carbonyl (C=O) groups excluding carboxylic acids is 2. The Morgan fingerprint density at radius 2 is 1.58 bits per heavy atom. The number of amides is 1. The third-order valence-corrected chi connectivity index (χ3v) is 4.29. The Hall–Kier alpha value is -1.56. The van der Waals surface area contributed by atoms with Crippen molar-refractivity contribution in [1.29, 1.82) is 0 Å². The lowest BCUT2D eigenvalue weighted by molar-refractivity contribution is -0.148. The van der Waals surface area contributed by atoms with Gasteiger partial charge in [-0.15, -0.1) is 0 Å². The van der Waals surface area contributed by atoms with E-state index in [9.17, 15) is 9.59 Å². The number of esters is 1. The smallest absolute Gasteiger partial charge is 0.410 e. The largest absolute Gasteiger partial charge is 0.467 e. The highest BCUT2D eigenvalue weighted by Gasteiger charge is 2.43. The molecule has 1 aromatic carbocycles. The van der Waals surface area contributed by atoms with Crippen LogP contribution in [0, 0.1) is 0 Å². The topological polar surface area (TPSA) is 55.8 Å². The minimum atomic E-state index is -0.821. The second-order valence-corrected chi connectivity index (χ2v) is 8.16. The SMILES string of the molecule is COC(=O)[C@@H](N(C)C(=O)OC(C)(C)C)C(C)(C)c1ccc(Br)cc1. The van der Waals surface area contributed by atoms with Gasteiger partial charge in [0.15, 0.2) is 0 Å². The van der Waals surface area contributed by atoms with E-state index in [-0.39, 0.29) is 0 Å². The van der Waals surface area contributed by atoms with E-state index in [0.29, 0.717) is 0 Å². The molecule has 0 bridgehead atoms. The molecule has 134 valence electrons. The molecule has 0 aliphatic carbocycles. The summed E-state index contributed by atoms with van der Waals surface area (Å²) in [4.78, 5) is 26.2. The number of methoxy groups -OCH3 is 1. The van der Waals surface area contributed by atoms with E-state index in [1.165, 1.54) is 12.0 Å². The Morgan fingerprint density at radius 3 is 2.00 bits per heavy atom. The summed E-state index contributed by atoms with van der Waals surface area (Å²) in [5.74, 6) is -0.490. The molecule has 0 unspecified atom stereocenters. The van der Waals surface area contributed by atoms with Crippen molar-refractivity contribution in [2.75, 3.05) is 14.2 Å². The van der Waals surface area contributed by atoms with E-state index in [4.69, 9.17) is 9.47 Å². The van der Waals surface area contributed by atoms with Crippen LogP contribution in [0.1, 0.15) is 40.2 Å². The maximum absolute atomic E-state index is 12.4. The molecule has 0 saturated carbocycles. The van der Waals surface area contributed by atoms with E-state index in [2.05, 4.69) is 15.9 Å². The zero-order valence-electron chi connectivity index (χ0n) is 15.3. The molecule has 24 heavy (non-hydrogen) atoms. The third-order valence-electron chi connectivity index (χ3n) is 3.77. The van der Waals surface area contributed by atoms with Gasteiger partial charge in [0, 0.05) is 16.9 Å².